The molecular formula is C15H15NOS. The number of aromatic nitrogens is 1. The van der Waals surface area contributed by atoms with Crippen LogP contribution in [-0.2, 0) is 0 Å². The van der Waals surface area contributed by atoms with Gasteiger partial charge in [-0.05, 0) is 48.6 Å². The van der Waals surface area contributed by atoms with E-state index in [-0.39, 0.29) is 5.78 Å². The molecular weight excluding hydrogens is 242 g/mol. The highest BCUT2D eigenvalue weighted by molar-refractivity contribution is 7.99. The van der Waals surface area contributed by atoms with Crippen LogP contribution in [0.4, 0.5) is 0 Å². The van der Waals surface area contributed by atoms with Crippen LogP contribution in [0.5, 0.6) is 0 Å². The largest absolute Gasteiger partial charge is 0.289 e. The summed E-state index contributed by atoms with van der Waals surface area (Å²) >= 11 is 1.77. The third-order valence-electron chi connectivity index (χ3n) is 2.71. The first-order valence-corrected chi connectivity index (χ1v) is 6.89. The Morgan fingerprint density at radius 3 is 2.56 bits per heavy atom. The number of hydrogen-bond acceptors (Lipinski definition) is 3. The molecule has 0 aliphatic carbocycles. The maximum Gasteiger partial charge on any atom is 0.194 e. The molecule has 0 unspecified atom stereocenters. The molecule has 3 heteroatoms. The highest BCUT2D eigenvalue weighted by Crippen LogP contribution is 2.19. The van der Waals surface area contributed by atoms with E-state index in [1.54, 1.807) is 24.2 Å². The summed E-state index contributed by atoms with van der Waals surface area (Å²) in [6, 6.07) is 9.61. The van der Waals surface area contributed by atoms with E-state index in [0.717, 1.165) is 11.3 Å². The van der Waals surface area contributed by atoms with Gasteiger partial charge in [-0.3, -0.25) is 9.78 Å². The molecule has 0 radical (unpaired) electrons. The van der Waals surface area contributed by atoms with Crippen molar-refractivity contribution in [3.63, 3.8) is 0 Å². The number of ketones is 1. The lowest BCUT2D eigenvalue weighted by atomic mass is 10.0. The lowest BCUT2D eigenvalue weighted by Gasteiger charge is -2.05. The number of pyridine rings is 1. The molecule has 0 saturated carbocycles. The number of rotatable bonds is 4. The van der Waals surface area contributed by atoms with Crippen molar-refractivity contribution >= 4 is 17.5 Å². The van der Waals surface area contributed by atoms with Crippen molar-refractivity contribution in [3.05, 3.63) is 59.4 Å². The molecule has 18 heavy (non-hydrogen) atoms. The second-order valence-corrected chi connectivity index (χ2v) is 5.31. The van der Waals surface area contributed by atoms with E-state index < -0.39 is 0 Å². The topological polar surface area (TPSA) is 30.0 Å². The summed E-state index contributed by atoms with van der Waals surface area (Å²) in [6.07, 6.45) is 3.33. The minimum atomic E-state index is 0.0358. The minimum absolute atomic E-state index is 0.0358. The van der Waals surface area contributed by atoms with E-state index in [4.69, 9.17) is 0 Å². The summed E-state index contributed by atoms with van der Waals surface area (Å²) < 4.78 is 0. The average Bonchev–Trinajstić information content (AvgIpc) is 2.40. The SMILES string of the molecule is CCSc1ccc(C(=O)c2cnccc2C)cc1. The molecule has 0 spiro atoms. The molecule has 92 valence electrons. The van der Waals surface area contributed by atoms with Crippen molar-refractivity contribution in [3.8, 4) is 0 Å². The van der Waals surface area contributed by atoms with Gasteiger partial charge < -0.3 is 0 Å². The zero-order valence-electron chi connectivity index (χ0n) is 10.5. The van der Waals surface area contributed by atoms with Crippen LogP contribution in [0.3, 0.4) is 0 Å². The molecule has 0 bridgehead atoms. The molecule has 0 atom stereocenters. The van der Waals surface area contributed by atoms with Gasteiger partial charge in [-0.1, -0.05) is 6.92 Å². The quantitative estimate of drug-likeness (QED) is 0.617. The van der Waals surface area contributed by atoms with Gasteiger partial charge in [0.25, 0.3) is 0 Å². The Morgan fingerprint density at radius 2 is 1.94 bits per heavy atom. The van der Waals surface area contributed by atoms with Crippen molar-refractivity contribution in [2.24, 2.45) is 0 Å². The summed E-state index contributed by atoms with van der Waals surface area (Å²) in [5, 5.41) is 0. The maximum absolute atomic E-state index is 12.3. The van der Waals surface area contributed by atoms with Crippen LogP contribution in [0.25, 0.3) is 0 Å². The molecule has 0 aliphatic rings. The van der Waals surface area contributed by atoms with Gasteiger partial charge in [-0.2, -0.15) is 0 Å². The smallest absolute Gasteiger partial charge is 0.194 e. The molecule has 1 aromatic heterocycles. The Labute approximate surface area is 111 Å². The van der Waals surface area contributed by atoms with Crippen LogP contribution >= 0.6 is 11.8 Å². The van der Waals surface area contributed by atoms with Crippen LogP contribution in [-0.4, -0.2) is 16.5 Å². The number of benzene rings is 1. The Morgan fingerprint density at radius 1 is 1.22 bits per heavy atom. The number of aryl methyl sites for hydroxylation is 1. The van der Waals surface area contributed by atoms with Crippen LogP contribution in [0, 0.1) is 6.92 Å². The lowest BCUT2D eigenvalue weighted by molar-refractivity contribution is 0.103. The van der Waals surface area contributed by atoms with E-state index in [1.165, 1.54) is 4.90 Å². The first kappa shape index (κ1) is 12.8. The molecule has 2 nitrogen and oxygen atoms in total. The molecule has 0 saturated heterocycles. The van der Waals surface area contributed by atoms with Crippen LogP contribution in [0.2, 0.25) is 0 Å². The van der Waals surface area contributed by atoms with Crippen LogP contribution < -0.4 is 0 Å². The molecule has 0 amide bonds. The number of carbonyl (C=O) groups is 1. The lowest BCUT2D eigenvalue weighted by Crippen LogP contribution is -2.04. The van der Waals surface area contributed by atoms with Gasteiger partial charge in [0.05, 0.1) is 0 Å². The Kier molecular flexibility index (Phi) is 4.15. The second kappa shape index (κ2) is 5.83. The normalized spacial score (nSPS) is 10.3. The van der Waals surface area contributed by atoms with Crippen molar-refractivity contribution in [1.82, 2.24) is 4.98 Å². The van der Waals surface area contributed by atoms with Gasteiger partial charge in [0.2, 0.25) is 0 Å². The third kappa shape index (κ3) is 2.79. The van der Waals surface area contributed by atoms with Crippen molar-refractivity contribution in [2.45, 2.75) is 18.7 Å². The fourth-order valence-electron chi connectivity index (χ4n) is 1.73. The monoisotopic (exact) mass is 257 g/mol. The van der Waals surface area contributed by atoms with Crippen LogP contribution in [0.1, 0.15) is 28.4 Å². The van der Waals surface area contributed by atoms with E-state index in [2.05, 4.69) is 11.9 Å². The van der Waals surface area contributed by atoms with E-state index in [9.17, 15) is 4.79 Å². The van der Waals surface area contributed by atoms with Crippen molar-refractivity contribution < 1.29 is 4.79 Å². The molecule has 2 rings (SSSR count). The predicted octanol–water partition coefficient (Wildman–Crippen LogP) is 3.73. The first-order chi connectivity index (χ1) is 8.72. The zero-order valence-corrected chi connectivity index (χ0v) is 11.3. The van der Waals surface area contributed by atoms with E-state index in [0.29, 0.717) is 11.1 Å². The molecule has 2 aromatic rings. The van der Waals surface area contributed by atoms with Gasteiger partial charge >= 0.3 is 0 Å². The molecule has 0 N–H and O–H groups in total. The number of thioether (sulfide) groups is 1. The van der Waals surface area contributed by atoms with Gasteiger partial charge in [-0.25, -0.2) is 0 Å². The summed E-state index contributed by atoms with van der Waals surface area (Å²) in [4.78, 5) is 17.5. The fourth-order valence-corrected chi connectivity index (χ4v) is 2.39. The van der Waals surface area contributed by atoms with Crippen molar-refractivity contribution in [2.75, 3.05) is 5.75 Å². The number of carbonyl (C=O) groups excluding carboxylic acids is 1. The predicted molar refractivity (Wildman–Crippen MR) is 75.2 cm³/mol. The molecule has 1 aromatic carbocycles. The summed E-state index contributed by atoms with van der Waals surface area (Å²) in [5.74, 6) is 1.07. The summed E-state index contributed by atoms with van der Waals surface area (Å²) in [6.45, 7) is 4.04. The van der Waals surface area contributed by atoms with E-state index >= 15 is 0 Å². The fraction of sp³-hybridized carbons (Fsp3) is 0.200. The zero-order chi connectivity index (χ0) is 13.0. The van der Waals surface area contributed by atoms with Gasteiger partial charge in [0.15, 0.2) is 5.78 Å². The number of nitrogens with zero attached hydrogens (tertiary/aromatic N) is 1. The Hall–Kier alpha value is -1.61. The highest BCUT2D eigenvalue weighted by atomic mass is 32.2. The van der Waals surface area contributed by atoms with Crippen molar-refractivity contribution in [1.29, 1.82) is 0 Å². The van der Waals surface area contributed by atoms with Crippen LogP contribution in [0.15, 0.2) is 47.6 Å². The summed E-state index contributed by atoms with van der Waals surface area (Å²) in [5.41, 5.74) is 2.35. The average molecular weight is 257 g/mol. The highest BCUT2D eigenvalue weighted by Gasteiger charge is 2.11. The third-order valence-corrected chi connectivity index (χ3v) is 3.61. The Bertz CT molecular complexity index is 549. The summed E-state index contributed by atoms with van der Waals surface area (Å²) in [7, 11) is 0. The minimum Gasteiger partial charge on any atom is -0.289 e. The molecule has 0 aliphatic heterocycles. The van der Waals surface area contributed by atoms with Gasteiger partial charge in [0.1, 0.15) is 0 Å². The maximum atomic E-state index is 12.3. The molecule has 0 fully saturated rings. The molecule has 1 heterocycles. The van der Waals surface area contributed by atoms with E-state index in [1.807, 2.05) is 37.3 Å². The van der Waals surface area contributed by atoms with Gasteiger partial charge in [0, 0.05) is 28.4 Å². The second-order valence-electron chi connectivity index (χ2n) is 3.98. The standard InChI is InChI=1S/C15H15NOS/c1-3-18-13-6-4-12(5-7-13)15(17)14-10-16-9-8-11(14)2/h4-10H,3H2,1-2H3. The van der Waals surface area contributed by atoms with Gasteiger partial charge in [-0.15, -0.1) is 11.8 Å². The number of hydrogen-bond donors (Lipinski definition) is 0. The Balaban J connectivity index is 2.27. The first-order valence-electron chi connectivity index (χ1n) is 5.90.